The molecule has 0 radical (unpaired) electrons. The standard InChI is InChI=1S/C43H54N2/c1-9-12-17-31-20-21-38-32-18-13-14-19-34(32)43(28-42(10-2,11-3)45(38)27-31)29-44-24-15-16-30(4)39(44)33-25-36-37(26-35(33)43)41(7,8)23-22-40(36,5)6/h13-16,18-21,24-27H,9-12,17,22-23,28-29H2,1-8H3/q+2. The summed E-state index contributed by atoms with van der Waals surface area (Å²) in [6.45, 7) is 20.4. The largest absolute Gasteiger partial charge is 0.215 e. The Hall–Kier alpha value is -3.26. The Labute approximate surface area is 272 Å². The van der Waals surface area contributed by atoms with Crippen LogP contribution in [0.4, 0.5) is 0 Å². The van der Waals surface area contributed by atoms with E-state index in [9.17, 15) is 0 Å². The van der Waals surface area contributed by atoms with Gasteiger partial charge in [0.05, 0.1) is 16.5 Å². The number of fused-ring (bicyclic) bond motifs is 9. The molecule has 2 aromatic heterocycles. The first kappa shape index (κ1) is 30.4. The third-order valence-electron chi connectivity index (χ3n) is 12.5. The smallest absolute Gasteiger partial charge is 0.197 e. The van der Waals surface area contributed by atoms with Gasteiger partial charge in [-0.25, -0.2) is 0 Å². The molecular formula is C43H54N2+2. The van der Waals surface area contributed by atoms with Crippen LogP contribution in [0.25, 0.3) is 22.5 Å². The summed E-state index contributed by atoms with van der Waals surface area (Å²) in [7, 11) is 0. The van der Waals surface area contributed by atoms with Crippen molar-refractivity contribution < 1.29 is 9.13 Å². The van der Waals surface area contributed by atoms with Gasteiger partial charge in [-0.15, -0.1) is 0 Å². The molecule has 0 amide bonds. The van der Waals surface area contributed by atoms with Gasteiger partial charge in [0.25, 0.3) is 0 Å². The summed E-state index contributed by atoms with van der Waals surface area (Å²) < 4.78 is 5.36. The minimum atomic E-state index is -0.161. The topological polar surface area (TPSA) is 7.76 Å². The first-order valence-corrected chi connectivity index (χ1v) is 17.8. The summed E-state index contributed by atoms with van der Waals surface area (Å²) in [5.74, 6) is 0. The average Bonchev–Trinajstić information content (AvgIpc) is 3.13. The zero-order chi connectivity index (χ0) is 31.8. The van der Waals surface area contributed by atoms with Crippen LogP contribution in [0.15, 0.2) is 73.1 Å². The number of aryl methyl sites for hydroxylation is 2. The van der Waals surface area contributed by atoms with Crippen LogP contribution in [0, 0.1) is 6.92 Å². The van der Waals surface area contributed by atoms with Gasteiger partial charge in [-0.3, -0.25) is 0 Å². The molecule has 0 N–H and O–H groups in total. The van der Waals surface area contributed by atoms with Crippen molar-refractivity contribution in [2.75, 3.05) is 0 Å². The van der Waals surface area contributed by atoms with Gasteiger partial charge in [-0.2, -0.15) is 9.13 Å². The van der Waals surface area contributed by atoms with Crippen molar-refractivity contribution in [1.29, 1.82) is 0 Å². The highest BCUT2D eigenvalue weighted by Gasteiger charge is 2.57. The fourth-order valence-corrected chi connectivity index (χ4v) is 9.53. The van der Waals surface area contributed by atoms with Crippen LogP contribution in [-0.2, 0) is 34.7 Å². The number of hydrogen-bond acceptors (Lipinski definition) is 0. The number of pyridine rings is 2. The molecule has 1 atom stereocenters. The highest BCUT2D eigenvalue weighted by atomic mass is 15.1. The highest BCUT2D eigenvalue weighted by molar-refractivity contribution is 5.75. The Kier molecular flexibility index (Phi) is 7.19. The van der Waals surface area contributed by atoms with Gasteiger partial charge in [0.15, 0.2) is 24.5 Å². The van der Waals surface area contributed by atoms with E-state index in [1.165, 1.54) is 64.9 Å². The predicted molar refractivity (Wildman–Crippen MR) is 187 cm³/mol. The molecule has 2 nitrogen and oxygen atoms in total. The quantitative estimate of drug-likeness (QED) is 0.202. The number of aromatic nitrogens is 2. The second-order valence-corrected chi connectivity index (χ2v) is 16.0. The number of hydrogen-bond donors (Lipinski definition) is 0. The third-order valence-corrected chi connectivity index (χ3v) is 12.5. The van der Waals surface area contributed by atoms with Crippen LogP contribution < -0.4 is 9.13 Å². The molecule has 234 valence electrons. The molecule has 2 aromatic carbocycles. The van der Waals surface area contributed by atoms with E-state index < -0.39 is 0 Å². The van der Waals surface area contributed by atoms with Gasteiger partial charge in [0.1, 0.15) is 0 Å². The van der Waals surface area contributed by atoms with Crippen LogP contribution in [0.5, 0.6) is 0 Å². The zero-order valence-electron chi connectivity index (χ0n) is 29.2. The molecular weight excluding hydrogens is 544 g/mol. The second-order valence-electron chi connectivity index (χ2n) is 16.0. The Morgan fingerprint density at radius 3 is 2.16 bits per heavy atom. The molecule has 4 heterocycles. The van der Waals surface area contributed by atoms with E-state index >= 15 is 0 Å². The molecule has 0 fully saturated rings. The summed E-state index contributed by atoms with van der Waals surface area (Å²) in [6, 6.07) is 24.3. The lowest BCUT2D eigenvalue weighted by Crippen LogP contribution is -2.61. The van der Waals surface area contributed by atoms with E-state index in [1.54, 1.807) is 16.7 Å². The molecule has 2 heteroatoms. The molecule has 1 aliphatic carbocycles. The lowest BCUT2D eigenvalue weighted by Gasteiger charge is -2.45. The van der Waals surface area contributed by atoms with Crippen molar-refractivity contribution in [3.63, 3.8) is 0 Å². The first-order chi connectivity index (χ1) is 21.5. The number of unbranched alkanes of at least 4 members (excludes halogenated alkanes) is 1. The van der Waals surface area contributed by atoms with Gasteiger partial charge in [-0.1, -0.05) is 79.2 Å². The molecule has 0 bridgehead atoms. The molecule has 3 aliphatic rings. The van der Waals surface area contributed by atoms with Crippen molar-refractivity contribution in [1.82, 2.24) is 0 Å². The van der Waals surface area contributed by atoms with E-state index in [2.05, 4.69) is 138 Å². The van der Waals surface area contributed by atoms with Gasteiger partial charge in [-0.05, 0) is 90.0 Å². The van der Waals surface area contributed by atoms with Crippen LogP contribution in [0.2, 0.25) is 0 Å². The summed E-state index contributed by atoms with van der Waals surface area (Å²) >= 11 is 0. The van der Waals surface area contributed by atoms with Crippen LogP contribution >= 0.6 is 0 Å². The maximum atomic E-state index is 2.74. The molecule has 1 unspecified atom stereocenters. The van der Waals surface area contributed by atoms with E-state index in [1.807, 2.05) is 0 Å². The van der Waals surface area contributed by atoms with Crippen LogP contribution in [0.1, 0.15) is 127 Å². The Morgan fingerprint density at radius 1 is 0.733 bits per heavy atom. The molecule has 7 rings (SSSR count). The summed E-state index contributed by atoms with van der Waals surface area (Å²) in [5.41, 5.74) is 14.8. The van der Waals surface area contributed by atoms with E-state index in [0.717, 1.165) is 32.2 Å². The monoisotopic (exact) mass is 598 g/mol. The van der Waals surface area contributed by atoms with Crippen molar-refractivity contribution in [2.24, 2.45) is 0 Å². The summed E-state index contributed by atoms with van der Waals surface area (Å²) in [4.78, 5) is 0. The van der Waals surface area contributed by atoms with Crippen molar-refractivity contribution in [3.05, 3.63) is 106 Å². The Bertz CT molecular complexity index is 1790. The van der Waals surface area contributed by atoms with Crippen LogP contribution in [-0.4, -0.2) is 0 Å². The second kappa shape index (κ2) is 10.6. The summed E-state index contributed by atoms with van der Waals surface area (Å²) in [5, 5.41) is 0. The number of rotatable bonds is 5. The normalized spacial score (nSPS) is 21.6. The highest BCUT2D eigenvalue weighted by Crippen LogP contribution is 2.56. The SMILES string of the molecule is CCCCc1ccc2[n+](c1)C(CC)(CC)CC1(C[n+]3cccc(C)c3-c3cc4c(cc31)C(C)(C)CCC4(C)C)c1ccccc1-2. The lowest BCUT2D eigenvalue weighted by molar-refractivity contribution is -0.761. The number of nitrogens with zero attached hydrogens (tertiary/aromatic N) is 2. The fraction of sp³-hybridized carbons (Fsp3) is 0.488. The fourth-order valence-electron chi connectivity index (χ4n) is 9.53. The van der Waals surface area contributed by atoms with Crippen molar-refractivity contribution in [3.8, 4) is 22.5 Å². The van der Waals surface area contributed by atoms with Gasteiger partial charge in [0, 0.05) is 42.5 Å². The maximum absolute atomic E-state index is 2.74. The van der Waals surface area contributed by atoms with E-state index in [4.69, 9.17) is 0 Å². The minimum Gasteiger partial charge on any atom is -0.197 e. The predicted octanol–water partition coefficient (Wildman–Crippen LogP) is 9.81. The van der Waals surface area contributed by atoms with Crippen molar-refractivity contribution in [2.45, 2.75) is 135 Å². The molecule has 0 saturated carbocycles. The molecule has 0 saturated heterocycles. The molecule has 45 heavy (non-hydrogen) atoms. The van der Waals surface area contributed by atoms with E-state index in [0.29, 0.717) is 0 Å². The third kappa shape index (κ3) is 4.49. The summed E-state index contributed by atoms with van der Waals surface area (Å²) in [6.07, 6.45) is 14.3. The molecule has 2 aliphatic heterocycles. The average molecular weight is 599 g/mol. The van der Waals surface area contributed by atoms with Gasteiger partial charge < -0.3 is 0 Å². The van der Waals surface area contributed by atoms with Crippen LogP contribution in [0.3, 0.4) is 0 Å². The van der Waals surface area contributed by atoms with E-state index in [-0.39, 0.29) is 21.8 Å². The van der Waals surface area contributed by atoms with Gasteiger partial charge in [0.2, 0.25) is 11.4 Å². The Balaban J connectivity index is 1.59. The lowest BCUT2D eigenvalue weighted by atomic mass is 9.58. The Morgan fingerprint density at radius 2 is 1.44 bits per heavy atom. The molecule has 4 aromatic rings. The maximum Gasteiger partial charge on any atom is 0.215 e. The molecule has 1 spiro atoms. The van der Waals surface area contributed by atoms with Gasteiger partial charge >= 0.3 is 0 Å². The first-order valence-electron chi connectivity index (χ1n) is 17.8. The van der Waals surface area contributed by atoms with Crippen molar-refractivity contribution >= 4 is 0 Å². The number of benzene rings is 2. The minimum absolute atomic E-state index is 0.000425. The zero-order valence-corrected chi connectivity index (χ0v) is 29.2.